The molecule has 11 nitrogen and oxygen atoms in total. The number of carbonyl (C=O) groups is 5. The van der Waals surface area contributed by atoms with Gasteiger partial charge in [0.15, 0.2) is 0 Å². The molecule has 2 aromatic carbocycles. The fourth-order valence-electron chi connectivity index (χ4n) is 3.44. The Morgan fingerprint density at radius 3 is 2.25 bits per heavy atom. The highest BCUT2D eigenvalue weighted by Gasteiger charge is 2.28. The highest BCUT2D eigenvalue weighted by Crippen LogP contribution is 2.18. The monoisotopic (exact) mass is 518 g/mol. The molecule has 12 heteroatoms. The molecule has 4 N–H and O–H groups in total. The largest absolute Gasteiger partial charge is 0.345 e. The number of sulfonamides is 1. The Balaban J connectivity index is 1.94. The minimum Gasteiger partial charge on any atom is -0.345 e. The van der Waals surface area contributed by atoms with Crippen molar-refractivity contribution in [3.05, 3.63) is 48.0 Å². The summed E-state index contributed by atoms with van der Waals surface area (Å²) in [7, 11) is -3.74. The highest BCUT2D eigenvalue weighted by molar-refractivity contribution is 7.89. The Morgan fingerprint density at radius 1 is 0.944 bits per heavy atom. The zero-order chi connectivity index (χ0) is 26.9. The van der Waals surface area contributed by atoms with Crippen molar-refractivity contribution in [2.24, 2.45) is 5.92 Å². The fourth-order valence-corrected chi connectivity index (χ4v) is 3.95. The Bertz CT molecular complexity index is 1240. The van der Waals surface area contributed by atoms with Gasteiger partial charge in [-0.25, -0.2) is 8.42 Å². The second-order valence-corrected chi connectivity index (χ2v) is 10.4. The van der Waals surface area contributed by atoms with Crippen molar-refractivity contribution in [2.75, 3.05) is 6.26 Å². The molecular formula is C24H30N4O7S. The number of carbonyl (C=O) groups excluding carboxylic acids is 5. The van der Waals surface area contributed by atoms with Crippen molar-refractivity contribution in [1.82, 2.24) is 20.7 Å². The summed E-state index contributed by atoms with van der Waals surface area (Å²) in [6.45, 7) is 3.40. The smallest absolute Gasteiger partial charge is 0.309 e. The lowest BCUT2D eigenvalue weighted by molar-refractivity contribution is -0.141. The van der Waals surface area contributed by atoms with Gasteiger partial charge in [0.05, 0.1) is 12.3 Å². The van der Waals surface area contributed by atoms with Crippen LogP contribution in [0.4, 0.5) is 0 Å². The molecule has 194 valence electrons. The average Bonchev–Trinajstić information content (AvgIpc) is 2.81. The van der Waals surface area contributed by atoms with E-state index in [4.69, 9.17) is 0 Å². The molecule has 36 heavy (non-hydrogen) atoms. The van der Waals surface area contributed by atoms with E-state index in [1.54, 1.807) is 18.6 Å². The normalized spacial score (nSPS) is 12.9. The van der Waals surface area contributed by atoms with E-state index in [1.807, 2.05) is 42.5 Å². The Hall–Kier alpha value is -3.80. The van der Waals surface area contributed by atoms with Crippen molar-refractivity contribution < 1.29 is 32.4 Å². The summed E-state index contributed by atoms with van der Waals surface area (Å²) in [5.74, 6) is -3.92. The van der Waals surface area contributed by atoms with Gasteiger partial charge in [-0.1, -0.05) is 56.3 Å². The second kappa shape index (κ2) is 12.8. The van der Waals surface area contributed by atoms with Crippen LogP contribution in [-0.2, 0) is 40.5 Å². The molecule has 0 saturated carbocycles. The van der Waals surface area contributed by atoms with Crippen LogP contribution < -0.4 is 20.7 Å². The second-order valence-electron chi connectivity index (χ2n) is 8.60. The van der Waals surface area contributed by atoms with E-state index in [-0.39, 0.29) is 19.4 Å². The number of hydrogen-bond acceptors (Lipinski definition) is 7. The molecule has 0 radical (unpaired) electrons. The van der Waals surface area contributed by atoms with E-state index in [0.717, 1.165) is 22.6 Å². The molecule has 0 aliphatic heterocycles. The van der Waals surface area contributed by atoms with Crippen molar-refractivity contribution in [3.63, 3.8) is 0 Å². The summed E-state index contributed by atoms with van der Waals surface area (Å²) < 4.78 is 24.0. The molecular weight excluding hydrogens is 488 g/mol. The van der Waals surface area contributed by atoms with E-state index in [1.165, 1.54) is 0 Å². The first kappa shape index (κ1) is 28.4. The van der Waals surface area contributed by atoms with Gasteiger partial charge >= 0.3 is 11.8 Å². The van der Waals surface area contributed by atoms with Crippen LogP contribution >= 0.6 is 0 Å². The maximum absolute atomic E-state index is 12.7. The van der Waals surface area contributed by atoms with Crippen molar-refractivity contribution in [2.45, 2.75) is 45.3 Å². The van der Waals surface area contributed by atoms with Crippen LogP contribution in [0, 0.1) is 5.92 Å². The summed E-state index contributed by atoms with van der Waals surface area (Å²) in [4.78, 5) is 60.6. The van der Waals surface area contributed by atoms with Gasteiger partial charge in [-0.05, 0) is 28.7 Å². The first-order valence-electron chi connectivity index (χ1n) is 11.2. The zero-order valence-electron chi connectivity index (χ0n) is 20.2. The molecule has 0 bridgehead atoms. The summed E-state index contributed by atoms with van der Waals surface area (Å²) in [5.41, 5.74) is 0.820. The lowest BCUT2D eigenvalue weighted by Gasteiger charge is -2.23. The maximum Gasteiger partial charge on any atom is 0.309 e. The number of aldehydes is 1. The number of rotatable bonds is 11. The van der Waals surface area contributed by atoms with E-state index < -0.39 is 51.7 Å². The third kappa shape index (κ3) is 8.77. The molecule has 2 unspecified atom stereocenters. The van der Waals surface area contributed by atoms with Gasteiger partial charge in [-0.3, -0.25) is 23.9 Å². The third-order valence-electron chi connectivity index (χ3n) is 5.23. The zero-order valence-corrected chi connectivity index (χ0v) is 21.1. The first-order chi connectivity index (χ1) is 16.9. The van der Waals surface area contributed by atoms with Crippen LogP contribution in [0.2, 0.25) is 0 Å². The minimum absolute atomic E-state index is 0.106. The minimum atomic E-state index is -3.74. The van der Waals surface area contributed by atoms with Crippen LogP contribution in [0.25, 0.3) is 10.8 Å². The quantitative estimate of drug-likeness (QED) is 0.242. The molecule has 0 spiro atoms. The maximum atomic E-state index is 12.7. The third-order valence-corrected chi connectivity index (χ3v) is 5.83. The lowest BCUT2D eigenvalue weighted by atomic mass is 10.0. The van der Waals surface area contributed by atoms with Gasteiger partial charge in [-0.15, -0.1) is 0 Å². The van der Waals surface area contributed by atoms with E-state index in [0.29, 0.717) is 6.29 Å². The number of nitrogens with one attached hydrogen (secondary N) is 4. The van der Waals surface area contributed by atoms with Crippen molar-refractivity contribution in [3.8, 4) is 0 Å². The predicted octanol–water partition coefficient (Wildman–Crippen LogP) is 0.137. The number of hydrogen-bond donors (Lipinski definition) is 4. The topological polar surface area (TPSA) is 168 Å². The van der Waals surface area contributed by atoms with Gasteiger partial charge in [0.2, 0.25) is 21.8 Å². The molecule has 0 aromatic heterocycles. The van der Waals surface area contributed by atoms with Crippen LogP contribution in [0.15, 0.2) is 42.5 Å². The van der Waals surface area contributed by atoms with Gasteiger partial charge in [-0.2, -0.15) is 0 Å². The van der Waals surface area contributed by atoms with E-state index >= 15 is 0 Å². The summed E-state index contributed by atoms with van der Waals surface area (Å²) in [5, 5.41) is 9.25. The summed E-state index contributed by atoms with van der Waals surface area (Å²) in [6, 6.07) is 11.0. The Morgan fingerprint density at radius 2 is 1.61 bits per heavy atom. The molecule has 0 fully saturated rings. The highest BCUT2D eigenvalue weighted by atomic mass is 32.2. The Kier molecular flexibility index (Phi) is 10.1. The predicted molar refractivity (Wildman–Crippen MR) is 133 cm³/mol. The molecule has 2 aromatic rings. The molecule has 0 saturated heterocycles. The van der Waals surface area contributed by atoms with Crippen molar-refractivity contribution >= 4 is 50.7 Å². The van der Waals surface area contributed by atoms with Crippen LogP contribution in [-0.4, -0.2) is 56.7 Å². The fraction of sp³-hybridized carbons (Fsp3) is 0.375. The van der Waals surface area contributed by atoms with E-state index in [9.17, 15) is 32.4 Å². The van der Waals surface area contributed by atoms with Crippen LogP contribution in [0.1, 0.15) is 32.3 Å². The number of fused-ring (bicyclic) bond motifs is 1. The molecule has 0 aliphatic rings. The molecule has 2 rings (SSSR count). The van der Waals surface area contributed by atoms with Gasteiger partial charge in [0.25, 0.3) is 0 Å². The summed E-state index contributed by atoms with van der Waals surface area (Å²) >= 11 is 0. The van der Waals surface area contributed by atoms with Crippen molar-refractivity contribution in [1.29, 1.82) is 0 Å². The lowest BCUT2D eigenvalue weighted by Crippen LogP contribution is -2.55. The number of benzene rings is 2. The van der Waals surface area contributed by atoms with Gasteiger partial charge < -0.3 is 20.7 Å². The van der Waals surface area contributed by atoms with E-state index in [2.05, 4.69) is 16.0 Å². The van der Waals surface area contributed by atoms with Crippen LogP contribution in [0.5, 0.6) is 0 Å². The van der Waals surface area contributed by atoms with Gasteiger partial charge in [0.1, 0.15) is 12.3 Å². The first-order valence-corrected chi connectivity index (χ1v) is 13.1. The molecule has 0 aliphatic carbocycles. The van der Waals surface area contributed by atoms with Gasteiger partial charge in [0, 0.05) is 13.0 Å². The average molecular weight is 519 g/mol. The molecule has 4 amide bonds. The Labute approximate surface area is 209 Å². The standard InChI is InChI=1S/C24H30N4O7S/c1-15(2)21(22(31)26-18(14-29)11-12-20(30)28-36(3,34)35)27-24(33)23(32)25-13-17-9-6-8-16-7-4-5-10-19(16)17/h4-10,14-15,18,21H,11-13H2,1-3H3,(H,25,32)(H,26,31)(H,27,33)(H,28,30). The SMILES string of the molecule is CC(C)C(NC(=O)C(=O)NCc1cccc2ccccc12)C(=O)NC(C=O)CCC(=O)NS(C)(=O)=O. The molecule has 0 heterocycles. The summed E-state index contributed by atoms with van der Waals surface area (Å²) in [6.07, 6.45) is 0.743. The van der Waals surface area contributed by atoms with Crippen LogP contribution in [0.3, 0.4) is 0 Å². The number of amides is 4. The molecule has 2 atom stereocenters.